The predicted molar refractivity (Wildman–Crippen MR) is 212 cm³/mol. The number of nitrogens with zero attached hydrogens (tertiary/aromatic N) is 2. The summed E-state index contributed by atoms with van der Waals surface area (Å²) in [6.45, 7) is 4.69. The van der Waals surface area contributed by atoms with Gasteiger partial charge in [0.1, 0.15) is 0 Å². The average molecular weight is 657 g/mol. The number of hydrogen-bond acceptors (Lipinski definition) is 3. The van der Waals surface area contributed by atoms with E-state index in [1.165, 1.54) is 64.3 Å². The van der Waals surface area contributed by atoms with Crippen LogP contribution in [0.3, 0.4) is 0 Å². The van der Waals surface area contributed by atoms with E-state index in [1.54, 1.807) is 0 Å². The summed E-state index contributed by atoms with van der Waals surface area (Å²) in [4.78, 5) is 10.5. The quantitative estimate of drug-likeness (QED) is 0.188. The third-order valence-corrected chi connectivity index (χ3v) is 11.7. The summed E-state index contributed by atoms with van der Waals surface area (Å²) in [6.07, 6.45) is 0. The fourth-order valence-electron chi connectivity index (χ4n) is 7.96. The number of rotatable bonds is 4. The Kier molecular flexibility index (Phi) is 6.43. The van der Waals surface area contributed by atoms with E-state index in [0.29, 0.717) is 0 Å². The lowest BCUT2D eigenvalue weighted by Crippen LogP contribution is -2.14. The van der Waals surface area contributed by atoms with Gasteiger partial charge in [0.05, 0.1) is 11.4 Å². The number of hydrogen-bond donors (Lipinski definition) is 0. The third-order valence-electron chi connectivity index (χ3n) is 10.5. The molecular weight excluding hydrogens is 625 g/mol. The van der Waals surface area contributed by atoms with Gasteiger partial charge in [-0.05, 0) is 74.5 Å². The minimum Gasteiger partial charge on any atom is -0.228 e. The minimum atomic E-state index is -0.134. The second-order valence-electron chi connectivity index (χ2n) is 13.8. The standard InChI is InChI=1S/C47H32N2S/c1-47(2)39-23-12-22-37(44(39)38-26-30-15-6-7-16-31(30)27-40(38)47)42-28-41(48-46(49-42)29-13-4-3-5-14-29)33-18-10-17-32(25-33)34-20-11-21-36-35-19-8-9-24-43(35)50-45(34)36/h3-28H,1-2H3. The van der Waals surface area contributed by atoms with Crippen LogP contribution in [0.1, 0.15) is 25.0 Å². The summed E-state index contributed by atoms with van der Waals surface area (Å²) < 4.78 is 2.63. The first-order valence-electron chi connectivity index (χ1n) is 17.2. The number of benzene rings is 7. The van der Waals surface area contributed by atoms with Gasteiger partial charge in [-0.3, -0.25) is 0 Å². The summed E-state index contributed by atoms with van der Waals surface area (Å²) >= 11 is 1.86. The van der Waals surface area contributed by atoms with Crippen molar-refractivity contribution in [1.29, 1.82) is 0 Å². The molecule has 0 bridgehead atoms. The van der Waals surface area contributed by atoms with Gasteiger partial charge in [0.15, 0.2) is 5.82 Å². The molecule has 0 fully saturated rings. The Morgan fingerprint density at radius 2 is 1.12 bits per heavy atom. The van der Waals surface area contributed by atoms with E-state index in [0.717, 1.165) is 33.9 Å². The summed E-state index contributed by atoms with van der Waals surface area (Å²) in [7, 11) is 0. The van der Waals surface area contributed by atoms with Gasteiger partial charge >= 0.3 is 0 Å². The molecule has 9 aromatic rings. The van der Waals surface area contributed by atoms with E-state index in [-0.39, 0.29) is 5.41 Å². The molecule has 10 rings (SSSR count). The zero-order valence-corrected chi connectivity index (χ0v) is 28.6. The normalized spacial score (nSPS) is 13.2. The van der Waals surface area contributed by atoms with Crippen LogP contribution in [-0.2, 0) is 5.41 Å². The van der Waals surface area contributed by atoms with Crippen LogP contribution in [-0.4, -0.2) is 9.97 Å². The lowest BCUT2D eigenvalue weighted by molar-refractivity contribution is 0.661. The maximum absolute atomic E-state index is 5.30. The zero-order valence-electron chi connectivity index (χ0n) is 27.8. The molecule has 7 aromatic carbocycles. The van der Waals surface area contributed by atoms with E-state index in [1.807, 2.05) is 17.4 Å². The Labute approximate surface area is 295 Å². The highest BCUT2D eigenvalue weighted by molar-refractivity contribution is 7.26. The van der Waals surface area contributed by atoms with Crippen LogP contribution < -0.4 is 0 Å². The Morgan fingerprint density at radius 3 is 2.00 bits per heavy atom. The Bertz CT molecular complexity index is 2790. The van der Waals surface area contributed by atoms with Crippen molar-refractivity contribution in [2.45, 2.75) is 19.3 Å². The van der Waals surface area contributed by atoms with Crippen molar-refractivity contribution in [3.05, 3.63) is 169 Å². The Morgan fingerprint density at radius 1 is 0.460 bits per heavy atom. The van der Waals surface area contributed by atoms with Gasteiger partial charge in [-0.15, -0.1) is 11.3 Å². The molecule has 0 aliphatic heterocycles. The summed E-state index contributed by atoms with van der Waals surface area (Å²) in [5, 5.41) is 5.14. The molecule has 0 saturated carbocycles. The van der Waals surface area contributed by atoms with Crippen LogP contribution in [0.4, 0.5) is 0 Å². The molecule has 0 radical (unpaired) electrons. The molecule has 2 heterocycles. The first-order valence-corrected chi connectivity index (χ1v) is 18.0. The van der Waals surface area contributed by atoms with Crippen LogP contribution >= 0.6 is 11.3 Å². The average Bonchev–Trinajstić information content (AvgIpc) is 3.66. The largest absolute Gasteiger partial charge is 0.228 e. The van der Waals surface area contributed by atoms with Gasteiger partial charge < -0.3 is 0 Å². The Balaban J connectivity index is 1.18. The van der Waals surface area contributed by atoms with Crippen LogP contribution in [0.15, 0.2) is 158 Å². The monoisotopic (exact) mass is 656 g/mol. The molecule has 1 aliphatic rings. The van der Waals surface area contributed by atoms with Crippen molar-refractivity contribution in [2.75, 3.05) is 0 Å². The van der Waals surface area contributed by atoms with Gasteiger partial charge in [0.2, 0.25) is 0 Å². The van der Waals surface area contributed by atoms with Crippen molar-refractivity contribution < 1.29 is 0 Å². The number of thiophene rings is 1. The molecule has 0 saturated heterocycles. The van der Waals surface area contributed by atoms with Crippen LogP contribution in [0.25, 0.3) is 87.1 Å². The van der Waals surface area contributed by atoms with Gasteiger partial charge in [0.25, 0.3) is 0 Å². The molecule has 0 atom stereocenters. The topological polar surface area (TPSA) is 25.8 Å². The maximum atomic E-state index is 5.30. The molecule has 0 N–H and O–H groups in total. The number of aromatic nitrogens is 2. The lowest BCUT2D eigenvalue weighted by atomic mass is 9.81. The molecule has 2 nitrogen and oxygen atoms in total. The SMILES string of the molecule is CC1(C)c2cc3ccccc3cc2-c2c(-c3cc(-c4cccc(-c5cccc6c5sc5ccccc56)c4)nc(-c4ccccc4)n3)cccc21. The first kappa shape index (κ1) is 29.1. The van der Waals surface area contributed by atoms with Gasteiger partial charge in [-0.2, -0.15) is 0 Å². The third kappa shape index (κ3) is 4.47. The fraction of sp³-hybridized carbons (Fsp3) is 0.0638. The van der Waals surface area contributed by atoms with E-state index in [2.05, 4.69) is 166 Å². The fourth-order valence-corrected chi connectivity index (χ4v) is 9.19. The lowest BCUT2D eigenvalue weighted by Gasteiger charge is -2.22. The number of fused-ring (bicyclic) bond motifs is 7. The highest BCUT2D eigenvalue weighted by atomic mass is 32.1. The van der Waals surface area contributed by atoms with E-state index < -0.39 is 0 Å². The molecule has 50 heavy (non-hydrogen) atoms. The zero-order chi connectivity index (χ0) is 33.4. The van der Waals surface area contributed by atoms with Crippen molar-refractivity contribution in [2.24, 2.45) is 0 Å². The highest BCUT2D eigenvalue weighted by Gasteiger charge is 2.37. The molecule has 2 aromatic heterocycles. The molecule has 236 valence electrons. The molecule has 0 amide bonds. The summed E-state index contributed by atoms with van der Waals surface area (Å²) in [6, 6.07) is 56.9. The molecule has 0 spiro atoms. The van der Waals surface area contributed by atoms with Gasteiger partial charge in [0, 0.05) is 42.3 Å². The molecule has 3 heteroatoms. The minimum absolute atomic E-state index is 0.134. The summed E-state index contributed by atoms with van der Waals surface area (Å²) in [5.41, 5.74) is 12.6. The smallest absolute Gasteiger partial charge is 0.160 e. The van der Waals surface area contributed by atoms with Crippen LogP contribution in [0, 0.1) is 0 Å². The van der Waals surface area contributed by atoms with E-state index in [9.17, 15) is 0 Å². The van der Waals surface area contributed by atoms with Crippen molar-refractivity contribution >= 4 is 42.3 Å². The second kappa shape index (κ2) is 11.1. The van der Waals surface area contributed by atoms with Crippen LogP contribution in [0.2, 0.25) is 0 Å². The first-order chi connectivity index (χ1) is 24.5. The highest BCUT2D eigenvalue weighted by Crippen LogP contribution is 2.53. The summed E-state index contributed by atoms with van der Waals surface area (Å²) in [5.74, 6) is 0.726. The van der Waals surface area contributed by atoms with Crippen molar-refractivity contribution in [3.8, 4) is 56.2 Å². The maximum Gasteiger partial charge on any atom is 0.160 e. The molecule has 0 unspecified atom stereocenters. The predicted octanol–water partition coefficient (Wildman–Crippen LogP) is 13.0. The van der Waals surface area contributed by atoms with Crippen LogP contribution in [0.5, 0.6) is 0 Å². The van der Waals surface area contributed by atoms with Crippen molar-refractivity contribution in [1.82, 2.24) is 9.97 Å². The molecule has 1 aliphatic carbocycles. The van der Waals surface area contributed by atoms with Crippen molar-refractivity contribution in [3.63, 3.8) is 0 Å². The Hall–Kier alpha value is -5.90. The van der Waals surface area contributed by atoms with E-state index >= 15 is 0 Å². The molecular formula is C47H32N2S. The van der Waals surface area contributed by atoms with Gasteiger partial charge in [-0.1, -0.05) is 141 Å². The van der Waals surface area contributed by atoms with E-state index in [4.69, 9.17) is 9.97 Å². The second-order valence-corrected chi connectivity index (χ2v) is 14.8. The van der Waals surface area contributed by atoms with Gasteiger partial charge in [-0.25, -0.2) is 9.97 Å².